The standard InChI is InChI=1S/C28H29FN6O3/c1-4-38-18-13-21(24(29)23(14-18)37-3)25(34-17-11-9-16(10-12-17)26(30)31)27-33-15-22(35-27)19-7-5-6-8-20(19)28(36)32-2/h5-15,25,34H,4H2,1-3H3,(H3,30,31)(H,32,36)(H,33,35). The molecule has 10 heteroatoms. The van der Waals surface area contributed by atoms with Gasteiger partial charge < -0.3 is 30.8 Å². The summed E-state index contributed by atoms with van der Waals surface area (Å²) in [6, 6.07) is 16.3. The molecule has 0 fully saturated rings. The van der Waals surface area contributed by atoms with E-state index < -0.39 is 11.9 Å². The zero-order chi connectivity index (χ0) is 27.2. The number of nitrogens with two attached hydrogens (primary N) is 1. The Labute approximate surface area is 219 Å². The van der Waals surface area contributed by atoms with Crippen LogP contribution in [0.15, 0.2) is 66.9 Å². The van der Waals surface area contributed by atoms with E-state index in [1.54, 1.807) is 55.7 Å². The molecule has 0 aliphatic heterocycles. The number of hydrogen-bond acceptors (Lipinski definition) is 6. The zero-order valence-corrected chi connectivity index (χ0v) is 21.3. The molecule has 196 valence electrons. The number of imidazole rings is 1. The van der Waals surface area contributed by atoms with Gasteiger partial charge in [0.2, 0.25) is 0 Å². The van der Waals surface area contributed by atoms with Gasteiger partial charge in [0, 0.05) is 41.1 Å². The maximum atomic E-state index is 15.7. The Morgan fingerprint density at radius 1 is 1.18 bits per heavy atom. The van der Waals surface area contributed by atoms with E-state index in [0.29, 0.717) is 46.3 Å². The van der Waals surface area contributed by atoms with Gasteiger partial charge in [-0.05, 0) is 43.3 Å². The van der Waals surface area contributed by atoms with Crippen LogP contribution >= 0.6 is 0 Å². The Hall–Kier alpha value is -4.86. The number of aromatic amines is 1. The maximum Gasteiger partial charge on any atom is 0.251 e. The summed E-state index contributed by atoms with van der Waals surface area (Å²) >= 11 is 0. The Bertz CT molecular complexity index is 1450. The summed E-state index contributed by atoms with van der Waals surface area (Å²) in [5.74, 6) is 0.00283. The number of rotatable bonds is 10. The van der Waals surface area contributed by atoms with Crippen molar-refractivity contribution < 1.29 is 18.7 Å². The first-order valence-corrected chi connectivity index (χ1v) is 11.9. The molecule has 3 aromatic carbocycles. The number of anilines is 1. The molecule has 1 amide bonds. The second-order valence-electron chi connectivity index (χ2n) is 8.34. The van der Waals surface area contributed by atoms with E-state index in [4.69, 9.17) is 20.6 Å². The van der Waals surface area contributed by atoms with Gasteiger partial charge in [0.15, 0.2) is 11.6 Å². The summed E-state index contributed by atoms with van der Waals surface area (Å²) in [6.07, 6.45) is 1.60. The van der Waals surface area contributed by atoms with E-state index in [1.807, 2.05) is 19.1 Å². The van der Waals surface area contributed by atoms with E-state index in [9.17, 15) is 4.79 Å². The molecule has 38 heavy (non-hydrogen) atoms. The van der Waals surface area contributed by atoms with Crippen LogP contribution in [0.1, 0.15) is 40.3 Å². The average molecular weight is 517 g/mol. The fourth-order valence-electron chi connectivity index (χ4n) is 4.08. The smallest absolute Gasteiger partial charge is 0.251 e. The topological polar surface area (TPSA) is 138 Å². The van der Waals surface area contributed by atoms with Crippen molar-refractivity contribution in [1.82, 2.24) is 15.3 Å². The highest BCUT2D eigenvalue weighted by Crippen LogP contribution is 2.36. The summed E-state index contributed by atoms with van der Waals surface area (Å²) < 4.78 is 26.6. The number of halogens is 1. The molecule has 4 aromatic rings. The lowest BCUT2D eigenvalue weighted by Crippen LogP contribution is -2.18. The van der Waals surface area contributed by atoms with Crippen LogP contribution in [-0.2, 0) is 0 Å². The van der Waals surface area contributed by atoms with Crippen LogP contribution in [0.3, 0.4) is 0 Å². The van der Waals surface area contributed by atoms with Crippen LogP contribution in [0.4, 0.5) is 10.1 Å². The van der Waals surface area contributed by atoms with Crippen LogP contribution in [0, 0.1) is 11.2 Å². The molecule has 0 spiro atoms. The number of carbonyl (C=O) groups excluding carboxylic acids is 1. The zero-order valence-electron chi connectivity index (χ0n) is 21.3. The third-order valence-electron chi connectivity index (χ3n) is 5.95. The van der Waals surface area contributed by atoms with Crippen LogP contribution in [0.25, 0.3) is 11.3 Å². The number of nitrogens with one attached hydrogen (secondary N) is 4. The first-order valence-electron chi connectivity index (χ1n) is 11.9. The molecular weight excluding hydrogens is 487 g/mol. The number of amides is 1. The number of carbonyl (C=O) groups is 1. The first-order chi connectivity index (χ1) is 18.4. The molecule has 0 aliphatic rings. The normalized spacial score (nSPS) is 11.5. The Balaban J connectivity index is 1.83. The third-order valence-corrected chi connectivity index (χ3v) is 5.95. The number of methoxy groups -OCH3 is 1. The van der Waals surface area contributed by atoms with E-state index >= 15 is 4.39 Å². The van der Waals surface area contributed by atoms with Gasteiger partial charge in [-0.25, -0.2) is 9.37 Å². The Kier molecular flexibility index (Phi) is 7.91. The lowest BCUT2D eigenvalue weighted by Gasteiger charge is -2.21. The number of H-pyrrole nitrogens is 1. The van der Waals surface area contributed by atoms with Crippen molar-refractivity contribution in [3.05, 3.63) is 95.2 Å². The number of ether oxygens (including phenoxy) is 2. The second-order valence-corrected chi connectivity index (χ2v) is 8.34. The van der Waals surface area contributed by atoms with Gasteiger partial charge in [-0.15, -0.1) is 0 Å². The highest BCUT2D eigenvalue weighted by molar-refractivity contribution is 6.00. The number of nitrogen functional groups attached to an aromatic ring is 1. The lowest BCUT2D eigenvalue weighted by molar-refractivity contribution is 0.0963. The van der Waals surface area contributed by atoms with Gasteiger partial charge in [0.25, 0.3) is 5.91 Å². The fourth-order valence-corrected chi connectivity index (χ4v) is 4.08. The minimum Gasteiger partial charge on any atom is -0.494 e. The van der Waals surface area contributed by atoms with Crippen LogP contribution in [0.2, 0.25) is 0 Å². The predicted molar refractivity (Wildman–Crippen MR) is 144 cm³/mol. The SMILES string of the molecule is CCOc1cc(OC)c(F)c(C(Nc2ccc(C(=N)N)cc2)c2ncc(-c3ccccc3C(=O)NC)[nH]2)c1. The van der Waals surface area contributed by atoms with E-state index in [2.05, 4.69) is 20.6 Å². The fraction of sp³-hybridized carbons (Fsp3) is 0.179. The van der Waals surface area contributed by atoms with Crippen molar-refractivity contribution in [2.24, 2.45) is 5.73 Å². The van der Waals surface area contributed by atoms with Gasteiger partial charge in [-0.1, -0.05) is 18.2 Å². The van der Waals surface area contributed by atoms with Gasteiger partial charge in [-0.2, -0.15) is 0 Å². The highest BCUT2D eigenvalue weighted by atomic mass is 19.1. The number of amidine groups is 1. The molecule has 9 nitrogen and oxygen atoms in total. The third kappa shape index (κ3) is 5.44. The van der Waals surface area contributed by atoms with Crippen molar-refractivity contribution in [1.29, 1.82) is 5.41 Å². The minimum absolute atomic E-state index is 0.0291. The number of aromatic nitrogens is 2. The molecule has 1 unspecified atom stereocenters. The molecule has 4 rings (SSSR count). The monoisotopic (exact) mass is 516 g/mol. The maximum absolute atomic E-state index is 15.7. The molecule has 1 atom stereocenters. The predicted octanol–water partition coefficient (Wildman–Crippen LogP) is 4.47. The highest BCUT2D eigenvalue weighted by Gasteiger charge is 2.26. The lowest BCUT2D eigenvalue weighted by atomic mass is 10.0. The van der Waals surface area contributed by atoms with Gasteiger partial charge in [0.05, 0.1) is 25.6 Å². The Morgan fingerprint density at radius 3 is 2.58 bits per heavy atom. The van der Waals surface area contributed by atoms with E-state index in [-0.39, 0.29) is 23.1 Å². The minimum atomic E-state index is -0.798. The average Bonchev–Trinajstić information content (AvgIpc) is 3.42. The van der Waals surface area contributed by atoms with Gasteiger partial charge in [-0.3, -0.25) is 10.2 Å². The quantitative estimate of drug-likeness (QED) is 0.156. The summed E-state index contributed by atoms with van der Waals surface area (Å²) in [6.45, 7) is 2.23. The molecule has 6 N–H and O–H groups in total. The van der Waals surface area contributed by atoms with Gasteiger partial charge >= 0.3 is 0 Å². The van der Waals surface area contributed by atoms with Crippen molar-refractivity contribution in [3.8, 4) is 22.8 Å². The van der Waals surface area contributed by atoms with E-state index in [1.165, 1.54) is 13.2 Å². The summed E-state index contributed by atoms with van der Waals surface area (Å²) in [5.41, 5.74) is 8.74. The Morgan fingerprint density at radius 2 is 1.92 bits per heavy atom. The summed E-state index contributed by atoms with van der Waals surface area (Å²) in [4.78, 5) is 20.3. The molecule has 1 aromatic heterocycles. The van der Waals surface area contributed by atoms with Crippen LogP contribution in [-0.4, -0.2) is 42.5 Å². The van der Waals surface area contributed by atoms with Crippen molar-refractivity contribution in [3.63, 3.8) is 0 Å². The molecule has 1 heterocycles. The van der Waals surface area contributed by atoms with Crippen molar-refractivity contribution in [2.45, 2.75) is 13.0 Å². The second kappa shape index (κ2) is 11.5. The van der Waals surface area contributed by atoms with Crippen LogP contribution < -0.4 is 25.8 Å². The molecule has 0 bridgehead atoms. The summed E-state index contributed by atoms with van der Waals surface area (Å²) in [5, 5.41) is 13.6. The molecular formula is C28H29FN6O3. The first kappa shape index (κ1) is 26.2. The molecule has 0 radical (unpaired) electrons. The summed E-state index contributed by atoms with van der Waals surface area (Å²) in [7, 11) is 2.96. The van der Waals surface area contributed by atoms with Crippen LogP contribution in [0.5, 0.6) is 11.5 Å². The number of nitrogens with zero attached hydrogens (tertiary/aromatic N) is 1. The molecule has 0 saturated heterocycles. The largest absolute Gasteiger partial charge is 0.494 e. The van der Waals surface area contributed by atoms with Crippen molar-refractivity contribution >= 4 is 17.4 Å². The van der Waals surface area contributed by atoms with Gasteiger partial charge in [0.1, 0.15) is 23.5 Å². The number of hydrogen-bond donors (Lipinski definition) is 5. The van der Waals surface area contributed by atoms with Crippen molar-refractivity contribution in [2.75, 3.05) is 26.1 Å². The molecule has 0 aliphatic carbocycles. The van der Waals surface area contributed by atoms with E-state index in [0.717, 1.165) is 0 Å². The number of benzene rings is 3. The molecule has 0 saturated carbocycles.